The number of benzene rings is 2. The van der Waals surface area contributed by atoms with Crippen LogP contribution in [0.3, 0.4) is 0 Å². The molecule has 1 aliphatic rings. The fourth-order valence-electron chi connectivity index (χ4n) is 3.46. The summed E-state index contributed by atoms with van der Waals surface area (Å²) in [5.74, 6) is 1.01. The molecular formula is C21H19NO3S3. The highest BCUT2D eigenvalue weighted by Crippen LogP contribution is 2.52. The predicted octanol–water partition coefficient (Wildman–Crippen LogP) is 5.88. The van der Waals surface area contributed by atoms with Crippen LogP contribution in [0.1, 0.15) is 18.7 Å². The standard InChI is InChI=1S/C21H19NO3S3/c1-21(2)19-18(20(26)28-27-19)15-11-14(24-3)9-10-16(15)22(21)12-17(23)25-13-7-5-4-6-8-13/h4-11H,12H2,1-3H3. The van der Waals surface area contributed by atoms with Crippen molar-refractivity contribution in [1.29, 1.82) is 0 Å². The maximum Gasteiger partial charge on any atom is 0.330 e. The van der Waals surface area contributed by atoms with Crippen LogP contribution >= 0.6 is 32.9 Å². The molecule has 0 radical (unpaired) electrons. The van der Waals surface area contributed by atoms with Gasteiger partial charge in [0.1, 0.15) is 21.9 Å². The number of esters is 1. The van der Waals surface area contributed by atoms with Crippen LogP contribution in [-0.2, 0) is 10.3 Å². The average Bonchev–Trinajstić information content (AvgIpc) is 3.08. The van der Waals surface area contributed by atoms with Crippen molar-refractivity contribution < 1.29 is 14.3 Å². The highest BCUT2D eigenvalue weighted by molar-refractivity contribution is 7.80. The van der Waals surface area contributed by atoms with E-state index in [4.69, 9.17) is 21.7 Å². The number of para-hydroxylation sites is 1. The summed E-state index contributed by atoms with van der Waals surface area (Å²) in [6, 6.07) is 15.0. The molecule has 1 aliphatic heterocycles. The van der Waals surface area contributed by atoms with Gasteiger partial charge in [-0.15, -0.1) is 0 Å². The molecule has 28 heavy (non-hydrogen) atoms. The molecule has 0 fully saturated rings. The Hall–Kier alpha value is -2.22. The second-order valence-corrected chi connectivity index (χ2v) is 9.79. The molecule has 0 saturated carbocycles. The van der Waals surface area contributed by atoms with Crippen LogP contribution in [0.25, 0.3) is 11.1 Å². The van der Waals surface area contributed by atoms with Crippen LogP contribution in [0.4, 0.5) is 5.69 Å². The Kier molecular flexibility index (Phi) is 4.99. The van der Waals surface area contributed by atoms with Crippen molar-refractivity contribution in [2.75, 3.05) is 18.6 Å². The molecule has 0 saturated heterocycles. The summed E-state index contributed by atoms with van der Waals surface area (Å²) in [6.45, 7) is 4.37. The van der Waals surface area contributed by atoms with Crippen molar-refractivity contribution in [3.05, 3.63) is 57.2 Å². The third-order valence-electron chi connectivity index (χ3n) is 4.89. The lowest BCUT2D eigenvalue weighted by molar-refractivity contribution is -0.133. The van der Waals surface area contributed by atoms with E-state index in [2.05, 4.69) is 18.7 Å². The highest BCUT2D eigenvalue weighted by atomic mass is 32.9. The first-order chi connectivity index (χ1) is 13.4. The molecule has 0 atom stereocenters. The zero-order chi connectivity index (χ0) is 19.9. The van der Waals surface area contributed by atoms with Gasteiger partial charge in [-0.05, 0) is 44.2 Å². The van der Waals surface area contributed by atoms with Crippen LogP contribution in [0.5, 0.6) is 11.5 Å². The van der Waals surface area contributed by atoms with Gasteiger partial charge < -0.3 is 14.4 Å². The molecule has 0 bridgehead atoms. The number of methoxy groups -OCH3 is 1. The van der Waals surface area contributed by atoms with Gasteiger partial charge in [-0.3, -0.25) is 0 Å². The quantitative estimate of drug-likeness (QED) is 0.224. The number of hydrogen-bond acceptors (Lipinski definition) is 7. The lowest BCUT2D eigenvalue weighted by Crippen LogP contribution is -2.47. The van der Waals surface area contributed by atoms with Gasteiger partial charge in [0.15, 0.2) is 0 Å². The minimum absolute atomic E-state index is 0.135. The normalized spacial score (nSPS) is 14.2. The van der Waals surface area contributed by atoms with Gasteiger partial charge in [0.05, 0.1) is 17.5 Å². The number of nitrogens with zero attached hydrogens (tertiary/aromatic N) is 1. The smallest absolute Gasteiger partial charge is 0.330 e. The third kappa shape index (κ3) is 3.23. The molecule has 2 heterocycles. The van der Waals surface area contributed by atoms with Crippen molar-refractivity contribution in [3.63, 3.8) is 0 Å². The maximum absolute atomic E-state index is 12.7. The zero-order valence-electron chi connectivity index (χ0n) is 15.7. The van der Waals surface area contributed by atoms with Gasteiger partial charge in [-0.25, -0.2) is 4.79 Å². The fraction of sp³-hybridized carbons (Fsp3) is 0.238. The lowest BCUT2D eigenvalue weighted by atomic mass is 9.87. The Morgan fingerprint density at radius 3 is 2.57 bits per heavy atom. The van der Waals surface area contributed by atoms with Crippen LogP contribution in [0.2, 0.25) is 0 Å². The molecule has 144 valence electrons. The second kappa shape index (κ2) is 7.31. The number of carbonyl (C=O) groups excluding carboxylic acids is 1. The minimum Gasteiger partial charge on any atom is -0.497 e. The molecule has 0 N–H and O–H groups in total. The van der Waals surface area contributed by atoms with Crippen molar-refractivity contribution >= 4 is 44.6 Å². The number of rotatable bonds is 4. The second-order valence-electron chi connectivity index (χ2n) is 6.97. The van der Waals surface area contributed by atoms with E-state index in [-0.39, 0.29) is 18.1 Å². The molecule has 7 heteroatoms. The Balaban J connectivity index is 1.75. The van der Waals surface area contributed by atoms with Crippen molar-refractivity contribution in [2.45, 2.75) is 19.4 Å². The molecule has 0 unspecified atom stereocenters. The number of fused-ring (bicyclic) bond motifs is 3. The predicted molar refractivity (Wildman–Crippen MR) is 117 cm³/mol. The molecule has 0 amide bonds. The third-order valence-corrected chi connectivity index (χ3v) is 8.22. The first-order valence-corrected chi connectivity index (χ1v) is 11.3. The van der Waals surface area contributed by atoms with E-state index in [0.29, 0.717) is 5.75 Å². The van der Waals surface area contributed by atoms with Gasteiger partial charge in [0.25, 0.3) is 0 Å². The van der Waals surface area contributed by atoms with E-state index in [1.165, 1.54) is 0 Å². The van der Waals surface area contributed by atoms with Gasteiger partial charge in [-0.1, -0.05) is 51.1 Å². The van der Waals surface area contributed by atoms with E-state index in [9.17, 15) is 4.79 Å². The Morgan fingerprint density at radius 2 is 1.86 bits per heavy atom. The summed E-state index contributed by atoms with van der Waals surface area (Å²) in [7, 11) is 4.92. The minimum atomic E-state index is -0.384. The van der Waals surface area contributed by atoms with Crippen LogP contribution in [-0.4, -0.2) is 19.6 Å². The van der Waals surface area contributed by atoms with Gasteiger partial charge in [0, 0.05) is 16.8 Å². The molecule has 0 spiro atoms. The summed E-state index contributed by atoms with van der Waals surface area (Å²) in [5, 5.41) is 0. The van der Waals surface area contributed by atoms with Crippen molar-refractivity contribution in [1.82, 2.24) is 0 Å². The monoisotopic (exact) mass is 429 g/mol. The fourth-order valence-corrected chi connectivity index (χ4v) is 6.76. The topological polar surface area (TPSA) is 38.8 Å². The van der Waals surface area contributed by atoms with E-state index < -0.39 is 0 Å². The highest BCUT2D eigenvalue weighted by Gasteiger charge is 2.41. The summed E-state index contributed by atoms with van der Waals surface area (Å²) in [6.07, 6.45) is 0. The van der Waals surface area contributed by atoms with E-state index >= 15 is 0 Å². The van der Waals surface area contributed by atoms with Crippen LogP contribution in [0.15, 0.2) is 48.5 Å². The number of hydrogen-bond donors (Lipinski definition) is 0. The SMILES string of the molecule is COc1ccc2c(c1)-c1c(ssc1=S)C(C)(C)N2CC(=O)Oc1ccccc1. The maximum atomic E-state index is 12.7. The number of ether oxygens (including phenoxy) is 2. The molecule has 4 nitrogen and oxygen atoms in total. The first-order valence-electron chi connectivity index (χ1n) is 8.77. The van der Waals surface area contributed by atoms with Crippen LogP contribution < -0.4 is 14.4 Å². The number of carbonyl (C=O) groups is 1. The Labute approximate surface area is 176 Å². The largest absolute Gasteiger partial charge is 0.497 e. The number of anilines is 1. The average molecular weight is 430 g/mol. The molecule has 1 aromatic heterocycles. The molecule has 2 aromatic carbocycles. The molecular weight excluding hydrogens is 410 g/mol. The van der Waals surface area contributed by atoms with Crippen molar-refractivity contribution in [3.8, 4) is 22.6 Å². The van der Waals surface area contributed by atoms with E-state index in [0.717, 1.165) is 31.3 Å². The summed E-state index contributed by atoms with van der Waals surface area (Å²) in [5.41, 5.74) is 2.66. The van der Waals surface area contributed by atoms with Gasteiger partial charge in [0.2, 0.25) is 0 Å². The lowest BCUT2D eigenvalue weighted by Gasteiger charge is -2.44. The summed E-state index contributed by atoms with van der Waals surface area (Å²) >= 11 is 5.62. The Bertz CT molecular complexity index is 1090. The van der Waals surface area contributed by atoms with Crippen LogP contribution in [0, 0.1) is 3.82 Å². The summed E-state index contributed by atoms with van der Waals surface area (Å²) < 4.78 is 11.8. The first kappa shape index (κ1) is 19.1. The Morgan fingerprint density at radius 1 is 1.11 bits per heavy atom. The molecule has 0 aliphatic carbocycles. The zero-order valence-corrected chi connectivity index (χ0v) is 18.2. The molecule has 3 aromatic rings. The summed E-state index contributed by atoms with van der Waals surface area (Å²) in [4.78, 5) is 16.0. The van der Waals surface area contributed by atoms with E-state index in [1.807, 2.05) is 36.4 Å². The van der Waals surface area contributed by atoms with Gasteiger partial charge in [-0.2, -0.15) is 0 Å². The van der Waals surface area contributed by atoms with E-state index in [1.54, 1.807) is 39.9 Å². The van der Waals surface area contributed by atoms with Gasteiger partial charge >= 0.3 is 5.97 Å². The molecule has 4 rings (SSSR count). The van der Waals surface area contributed by atoms with Crippen molar-refractivity contribution in [2.24, 2.45) is 0 Å².